The smallest absolute Gasteiger partial charge is 0.343 e. The van der Waals surface area contributed by atoms with Gasteiger partial charge in [0.2, 0.25) is 11.7 Å². The third-order valence-corrected chi connectivity index (χ3v) is 5.84. The van der Waals surface area contributed by atoms with Gasteiger partial charge in [-0.1, -0.05) is 12.1 Å². The molecule has 0 saturated heterocycles. The Hall–Kier alpha value is -4.38. The van der Waals surface area contributed by atoms with Crippen molar-refractivity contribution >= 4 is 39.9 Å². The molecule has 0 aliphatic rings. The number of carbonyl (C=O) groups excluding carboxylic acids is 3. The number of nitrogens with zero attached hydrogens (tertiary/aromatic N) is 1. The van der Waals surface area contributed by atoms with E-state index in [1.165, 1.54) is 39.7 Å². The number of esters is 1. The van der Waals surface area contributed by atoms with Crippen LogP contribution in [0, 0.1) is 0 Å². The van der Waals surface area contributed by atoms with Crippen LogP contribution in [-0.2, 0) is 4.79 Å². The molecule has 0 heterocycles. The second-order valence-electron chi connectivity index (χ2n) is 7.65. The number of ether oxygens (including phenoxy) is 4. The highest BCUT2D eigenvalue weighted by molar-refractivity contribution is 9.10. The Labute approximate surface area is 228 Å². The number of hydrogen-bond acceptors (Lipinski definition) is 8. The van der Waals surface area contributed by atoms with Gasteiger partial charge in [0.1, 0.15) is 5.75 Å². The van der Waals surface area contributed by atoms with Gasteiger partial charge in [0.05, 0.1) is 38.7 Å². The molecule has 3 rings (SSSR count). The van der Waals surface area contributed by atoms with Gasteiger partial charge in [-0.25, -0.2) is 10.2 Å². The van der Waals surface area contributed by atoms with Crippen molar-refractivity contribution in [1.29, 1.82) is 0 Å². The molecule has 198 valence electrons. The Balaban J connectivity index is 1.48. The fourth-order valence-corrected chi connectivity index (χ4v) is 3.72. The molecule has 0 aromatic heterocycles. The molecule has 38 heavy (non-hydrogen) atoms. The average molecular weight is 584 g/mol. The molecule has 0 aliphatic heterocycles. The number of hydrogen-bond donors (Lipinski definition) is 2. The zero-order chi connectivity index (χ0) is 27.5. The quantitative estimate of drug-likeness (QED) is 0.151. The maximum absolute atomic E-state index is 12.6. The van der Waals surface area contributed by atoms with E-state index < -0.39 is 5.97 Å². The summed E-state index contributed by atoms with van der Waals surface area (Å²) in [6.07, 6.45) is 1.51. The van der Waals surface area contributed by atoms with Gasteiger partial charge in [0.15, 0.2) is 11.5 Å². The number of amides is 2. The molecule has 3 aromatic rings. The third-order valence-electron chi connectivity index (χ3n) is 5.15. The maximum atomic E-state index is 12.6. The van der Waals surface area contributed by atoms with Crippen molar-refractivity contribution in [1.82, 2.24) is 10.7 Å². The lowest BCUT2D eigenvalue weighted by atomic mass is 10.2. The first kappa shape index (κ1) is 28.2. The van der Waals surface area contributed by atoms with E-state index in [9.17, 15) is 14.4 Å². The summed E-state index contributed by atoms with van der Waals surface area (Å²) in [6.45, 7) is 0.160. The Morgan fingerprint density at radius 3 is 2.18 bits per heavy atom. The minimum absolute atomic E-state index is 0.0589. The number of carbonyl (C=O) groups is 3. The summed E-state index contributed by atoms with van der Waals surface area (Å²) in [5, 5.41) is 6.60. The Morgan fingerprint density at radius 2 is 1.58 bits per heavy atom. The largest absolute Gasteiger partial charge is 0.493 e. The van der Waals surface area contributed by atoms with Gasteiger partial charge in [-0.3, -0.25) is 9.59 Å². The monoisotopic (exact) mass is 583 g/mol. The SMILES string of the molecule is COc1cc(C(=O)Oc2ccc(C=NNC(=O)CCNC(=O)c3ccccc3Br)cc2)cc(OC)c1OC. The van der Waals surface area contributed by atoms with Crippen molar-refractivity contribution in [2.45, 2.75) is 6.42 Å². The molecule has 3 aromatic carbocycles. The van der Waals surface area contributed by atoms with Gasteiger partial charge in [-0.2, -0.15) is 5.10 Å². The van der Waals surface area contributed by atoms with Crippen molar-refractivity contribution < 1.29 is 33.3 Å². The third kappa shape index (κ3) is 7.56. The highest BCUT2D eigenvalue weighted by Crippen LogP contribution is 2.38. The second kappa shape index (κ2) is 13.8. The van der Waals surface area contributed by atoms with E-state index in [-0.39, 0.29) is 30.3 Å². The molecule has 2 amide bonds. The van der Waals surface area contributed by atoms with Gasteiger partial charge in [-0.15, -0.1) is 0 Å². The minimum atomic E-state index is -0.607. The van der Waals surface area contributed by atoms with Crippen LogP contribution in [0.15, 0.2) is 70.2 Å². The summed E-state index contributed by atoms with van der Waals surface area (Å²) >= 11 is 3.32. The summed E-state index contributed by atoms with van der Waals surface area (Å²) in [5.74, 6) is 0.102. The van der Waals surface area contributed by atoms with Gasteiger partial charge < -0.3 is 24.3 Å². The summed E-state index contributed by atoms with van der Waals surface area (Å²) in [4.78, 5) is 36.8. The minimum Gasteiger partial charge on any atom is -0.493 e. The van der Waals surface area contributed by atoms with E-state index in [0.29, 0.717) is 38.6 Å². The lowest BCUT2D eigenvalue weighted by Gasteiger charge is -2.13. The number of benzene rings is 3. The first-order chi connectivity index (χ1) is 18.4. The molecule has 0 spiro atoms. The normalized spacial score (nSPS) is 10.5. The Bertz CT molecular complexity index is 1300. The van der Waals surface area contributed by atoms with Gasteiger partial charge >= 0.3 is 5.97 Å². The predicted octanol–water partition coefficient (Wildman–Crippen LogP) is 3.96. The van der Waals surface area contributed by atoms with Crippen molar-refractivity contribution in [3.8, 4) is 23.0 Å². The predicted molar refractivity (Wildman–Crippen MR) is 144 cm³/mol. The summed E-state index contributed by atoms with van der Waals surface area (Å²) < 4.78 is 21.9. The second-order valence-corrected chi connectivity index (χ2v) is 8.51. The summed E-state index contributed by atoms with van der Waals surface area (Å²) in [6, 6.07) is 16.5. The topological polar surface area (TPSA) is 125 Å². The highest BCUT2D eigenvalue weighted by atomic mass is 79.9. The first-order valence-electron chi connectivity index (χ1n) is 11.3. The molecule has 0 atom stereocenters. The van der Waals surface area contributed by atoms with Crippen LogP contribution in [0.5, 0.6) is 23.0 Å². The molecule has 0 saturated carbocycles. The number of halogens is 1. The van der Waals surface area contributed by atoms with E-state index in [4.69, 9.17) is 18.9 Å². The van der Waals surface area contributed by atoms with Crippen LogP contribution < -0.4 is 29.7 Å². The molecular weight excluding hydrogens is 558 g/mol. The van der Waals surface area contributed by atoms with Crippen LogP contribution in [0.4, 0.5) is 0 Å². The number of rotatable bonds is 11. The van der Waals surface area contributed by atoms with Crippen LogP contribution >= 0.6 is 15.9 Å². The van der Waals surface area contributed by atoms with E-state index in [1.54, 1.807) is 42.5 Å². The van der Waals surface area contributed by atoms with Crippen molar-refractivity contribution in [3.63, 3.8) is 0 Å². The Kier molecular flexibility index (Phi) is 10.2. The number of nitrogens with one attached hydrogen (secondary N) is 2. The summed E-state index contributed by atoms with van der Waals surface area (Å²) in [7, 11) is 4.39. The van der Waals surface area contributed by atoms with Crippen molar-refractivity contribution in [2.75, 3.05) is 27.9 Å². The fourth-order valence-electron chi connectivity index (χ4n) is 3.25. The van der Waals surface area contributed by atoms with Gasteiger partial charge in [0, 0.05) is 17.4 Å². The highest BCUT2D eigenvalue weighted by Gasteiger charge is 2.18. The zero-order valence-electron chi connectivity index (χ0n) is 20.9. The molecular formula is C27H26BrN3O7. The lowest BCUT2D eigenvalue weighted by Crippen LogP contribution is -2.29. The van der Waals surface area contributed by atoms with Crippen LogP contribution in [-0.4, -0.2) is 51.9 Å². The van der Waals surface area contributed by atoms with Crippen LogP contribution in [0.1, 0.15) is 32.7 Å². The number of hydrazone groups is 1. The van der Waals surface area contributed by atoms with E-state index in [1.807, 2.05) is 6.07 Å². The van der Waals surface area contributed by atoms with E-state index in [0.717, 1.165) is 0 Å². The lowest BCUT2D eigenvalue weighted by molar-refractivity contribution is -0.120. The van der Waals surface area contributed by atoms with Crippen LogP contribution in [0.3, 0.4) is 0 Å². The molecule has 10 nitrogen and oxygen atoms in total. The first-order valence-corrected chi connectivity index (χ1v) is 12.1. The molecule has 0 aliphatic carbocycles. The average Bonchev–Trinajstić information content (AvgIpc) is 2.93. The molecule has 2 N–H and O–H groups in total. The number of methoxy groups -OCH3 is 3. The van der Waals surface area contributed by atoms with Crippen molar-refractivity contribution in [2.24, 2.45) is 5.10 Å². The fraction of sp³-hybridized carbons (Fsp3) is 0.185. The van der Waals surface area contributed by atoms with Crippen molar-refractivity contribution in [3.05, 3.63) is 81.8 Å². The van der Waals surface area contributed by atoms with Gasteiger partial charge in [0.25, 0.3) is 5.91 Å². The molecule has 0 bridgehead atoms. The van der Waals surface area contributed by atoms with Crippen LogP contribution in [0.2, 0.25) is 0 Å². The zero-order valence-corrected chi connectivity index (χ0v) is 22.5. The maximum Gasteiger partial charge on any atom is 0.343 e. The standard InChI is InChI=1S/C27H26BrN3O7/c1-35-22-14-18(15-23(36-2)25(22)37-3)27(34)38-19-10-8-17(9-11-19)16-30-31-24(32)12-13-29-26(33)20-6-4-5-7-21(20)28/h4-11,14-16H,12-13H2,1-3H3,(H,29,33)(H,31,32). The molecule has 0 unspecified atom stereocenters. The Morgan fingerprint density at radius 1 is 0.921 bits per heavy atom. The van der Waals surface area contributed by atoms with Gasteiger partial charge in [-0.05, 0) is 70.0 Å². The molecule has 0 radical (unpaired) electrons. The van der Waals surface area contributed by atoms with E-state index >= 15 is 0 Å². The van der Waals surface area contributed by atoms with Crippen LogP contribution in [0.25, 0.3) is 0 Å². The molecule has 0 fully saturated rings. The molecule has 11 heteroatoms. The van der Waals surface area contributed by atoms with E-state index in [2.05, 4.69) is 31.8 Å². The summed E-state index contributed by atoms with van der Waals surface area (Å²) in [5.41, 5.74) is 3.78.